The molecule has 1 saturated carbocycles. The molecule has 1 aliphatic carbocycles. The van der Waals surface area contributed by atoms with Crippen LogP contribution in [-0.2, 0) is 6.42 Å². The highest BCUT2D eigenvalue weighted by Gasteiger charge is 2.29. The molecule has 92 valence electrons. The number of fused-ring (bicyclic) bond motifs is 1. The predicted octanol–water partition coefficient (Wildman–Crippen LogP) is 4.08. The molecule has 2 aliphatic rings. The third-order valence-corrected chi connectivity index (χ3v) is 4.67. The summed E-state index contributed by atoms with van der Waals surface area (Å²) in [5.41, 5.74) is 1.03. The van der Waals surface area contributed by atoms with Gasteiger partial charge in [0, 0.05) is 16.8 Å². The molecule has 0 bridgehead atoms. The first-order valence-corrected chi connectivity index (χ1v) is 7.21. The van der Waals surface area contributed by atoms with Crippen molar-refractivity contribution in [3.8, 4) is 5.75 Å². The largest absolute Gasteiger partial charge is 0.490 e. The van der Waals surface area contributed by atoms with Gasteiger partial charge in [-0.2, -0.15) is 0 Å². The SMILES string of the molecule is Fc1ccc2c(c1)CC(CC1CCC(Br)C1)O2. The Morgan fingerprint density at radius 3 is 3.00 bits per heavy atom. The molecule has 0 N–H and O–H groups in total. The van der Waals surface area contributed by atoms with Gasteiger partial charge in [0.25, 0.3) is 0 Å². The van der Waals surface area contributed by atoms with Gasteiger partial charge in [0.2, 0.25) is 0 Å². The minimum Gasteiger partial charge on any atom is -0.490 e. The zero-order valence-corrected chi connectivity index (χ0v) is 11.2. The lowest BCUT2D eigenvalue weighted by molar-refractivity contribution is 0.194. The molecule has 3 unspecified atom stereocenters. The number of alkyl halides is 1. The maximum atomic E-state index is 13.1. The van der Waals surface area contributed by atoms with Gasteiger partial charge in [0.05, 0.1) is 0 Å². The third-order valence-electron chi connectivity index (χ3n) is 3.84. The van der Waals surface area contributed by atoms with Gasteiger partial charge in [0.15, 0.2) is 0 Å². The lowest BCUT2D eigenvalue weighted by Crippen LogP contribution is -2.17. The normalized spacial score (nSPS) is 31.3. The van der Waals surface area contributed by atoms with Crippen molar-refractivity contribution in [1.29, 1.82) is 0 Å². The van der Waals surface area contributed by atoms with E-state index in [0.717, 1.165) is 30.1 Å². The molecule has 0 amide bonds. The molecule has 0 radical (unpaired) electrons. The molecule has 3 rings (SSSR count). The van der Waals surface area contributed by atoms with Gasteiger partial charge in [-0.3, -0.25) is 0 Å². The molecule has 0 aromatic heterocycles. The Balaban J connectivity index is 1.62. The Morgan fingerprint density at radius 2 is 2.24 bits per heavy atom. The summed E-state index contributed by atoms with van der Waals surface area (Å²) in [6.07, 6.45) is 6.06. The van der Waals surface area contributed by atoms with Crippen LogP contribution in [0.4, 0.5) is 4.39 Å². The predicted molar refractivity (Wildman–Crippen MR) is 69.2 cm³/mol. The maximum Gasteiger partial charge on any atom is 0.123 e. The second-order valence-electron chi connectivity index (χ2n) is 5.21. The van der Waals surface area contributed by atoms with Gasteiger partial charge < -0.3 is 4.74 Å². The van der Waals surface area contributed by atoms with Gasteiger partial charge in [-0.05, 0) is 49.8 Å². The topological polar surface area (TPSA) is 9.23 Å². The van der Waals surface area contributed by atoms with Crippen LogP contribution >= 0.6 is 15.9 Å². The standard InChI is InChI=1S/C14H16BrFO/c15-11-2-1-9(5-11)6-13-8-10-7-12(16)3-4-14(10)17-13/h3-4,7,9,11,13H,1-2,5-6,8H2. The fourth-order valence-corrected chi connectivity index (χ4v) is 3.81. The highest BCUT2D eigenvalue weighted by molar-refractivity contribution is 9.09. The van der Waals surface area contributed by atoms with E-state index >= 15 is 0 Å². The van der Waals surface area contributed by atoms with Crippen molar-refractivity contribution in [2.75, 3.05) is 0 Å². The lowest BCUT2D eigenvalue weighted by Gasteiger charge is -2.15. The minimum absolute atomic E-state index is 0.158. The smallest absolute Gasteiger partial charge is 0.123 e. The molecule has 1 aromatic rings. The van der Waals surface area contributed by atoms with E-state index in [9.17, 15) is 4.39 Å². The summed E-state index contributed by atoms with van der Waals surface area (Å²) in [4.78, 5) is 0.689. The van der Waals surface area contributed by atoms with Gasteiger partial charge in [-0.15, -0.1) is 0 Å². The van der Waals surface area contributed by atoms with Crippen LogP contribution in [-0.4, -0.2) is 10.9 Å². The molecule has 0 spiro atoms. The number of halogens is 2. The number of benzene rings is 1. The summed E-state index contributed by atoms with van der Waals surface area (Å²) in [5.74, 6) is 1.49. The molecule has 3 atom stereocenters. The van der Waals surface area contributed by atoms with Gasteiger partial charge in [-0.1, -0.05) is 15.9 Å². The Labute approximate surface area is 109 Å². The van der Waals surface area contributed by atoms with Crippen LogP contribution in [0.5, 0.6) is 5.75 Å². The number of hydrogen-bond acceptors (Lipinski definition) is 1. The van der Waals surface area contributed by atoms with E-state index in [1.54, 1.807) is 12.1 Å². The molecule has 1 aromatic carbocycles. The van der Waals surface area contributed by atoms with Crippen LogP contribution in [0.1, 0.15) is 31.2 Å². The highest BCUT2D eigenvalue weighted by Crippen LogP contribution is 2.37. The fourth-order valence-electron chi connectivity index (χ4n) is 3.02. The summed E-state index contributed by atoms with van der Waals surface area (Å²) in [7, 11) is 0. The molecular weight excluding hydrogens is 283 g/mol. The molecule has 17 heavy (non-hydrogen) atoms. The van der Waals surface area contributed by atoms with Crippen molar-refractivity contribution in [2.45, 2.75) is 43.0 Å². The van der Waals surface area contributed by atoms with E-state index in [2.05, 4.69) is 15.9 Å². The monoisotopic (exact) mass is 298 g/mol. The zero-order chi connectivity index (χ0) is 11.8. The van der Waals surface area contributed by atoms with Crippen LogP contribution in [0, 0.1) is 11.7 Å². The van der Waals surface area contributed by atoms with Gasteiger partial charge in [0.1, 0.15) is 17.7 Å². The van der Waals surface area contributed by atoms with E-state index < -0.39 is 0 Å². The van der Waals surface area contributed by atoms with E-state index in [0.29, 0.717) is 4.83 Å². The average Bonchev–Trinajstić information content (AvgIpc) is 2.84. The number of rotatable bonds is 2. The molecule has 1 heterocycles. The number of hydrogen-bond donors (Lipinski definition) is 0. The summed E-state index contributed by atoms with van der Waals surface area (Å²) in [6.45, 7) is 0. The van der Waals surface area contributed by atoms with E-state index in [-0.39, 0.29) is 11.9 Å². The van der Waals surface area contributed by atoms with Crippen molar-refractivity contribution >= 4 is 15.9 Å². The Bertz CT molecular complexity index is 421. The first-order chi connectivity index (χ1) is 8.20. The molecule has 0 saturated heterocycles. The second-order valence-corrected chi connectivity index (χ2v) is 6.50. The molecular formula is C14H16BrFO. The number of ether oxygens (including phenoxy) is 1. The van der Waals surface area contributed by atoms with Crippen LogP contribution in [0.25, 0.3) is 0 Å². The second kappa shape index (κ2) is 4.60. The van der Waals surface area contributed by atoms with Gasteiger partial charge >= 0.3 is 0 Å². The van der Waals surface area contributed by atoms with Crippen molar-refractivity contribution in [3.05, 3.63) is 29.6 Å². The van der Waals surface area contributed by atoms with Gasteiger partial charge in [-0.25, -0.2) is 4.39 Å². The third kappa shape index (κ3) is 2.49. The van der Waals surface area contributed by atoms with Crippen molar-refractivity contribution in [1.82, 2.24) is 0 Å². The van der Waals surface area contributed by atoms with Crippen molar-refractivity contribution in [3.63, 3.8) is 0 Å². The molecule has 1 fully saturated rings. The highest BCUT2D eigenvalue weighted by atomic mass is 79.9. The van der Waals surface area contributed by atoms with Crippen molar-refractivity contribution in [2.24, 2.45) is 5.92 Å². The molecule has 1 nitrogen and oxygen atoms in total. The Morgan fingerprint density at radius 1 is 1.35 bits per heavy atom. The first-order valence-electron chi connectivity index (χ1n) is 6.30. The lowest BCUT2D eigenvalue weighted by atomic mass is 9.97. The fraction of sp³-hybridized carbons (Fsp3) is 0.571. The summed E-state index contributed by atoms with van der Waals surface area (Å²) >= 11 is 3.68. The van der Waals surface area contributed by atoms with E-state index in [1.807, 2.05) is 0 Å². The van der Waals surface area contributed by atoms with Crippen LogP contribution < -0.4 is 4.74 Å². The minimum atomic E-state index is -0.158. The Hall–Kier alpha value is -0.570. The molecule has 1 aliphatic heterocycles. The van der Waals surface area contributed by atoms with Crippen LogP contribution in [0.3, 0.4) is 0 Å². The van der Waals surface area contributed by atoms with Crippen molar-refractivity contribution < 1.29 is 9.13 Å². The maximum absolute atomic E-state index is 13.1. The Kier molecular flexibility index (Phi) is 3.12. The summed E-state index contributed by atoms with van der Waals surface area (Å²) in [5, 5.41) is 0. The summed E-state index contributed by atoms with van der Waals surface area (Å²) in [6, 6.07) is 4.84. The van der Waals surface area contributed by atoms with Crippen LogP contribution in [0.2, 0.25) is 0 Å². The first kappa shape index (κ1) is 11.5. The quantitative estimate of drug-likeness (QED) is 0.748. The van der Waals surface area contributed by atoms with E-state index in [4.69, 9.17) is 4.74 Å². The average molecular weight is 299 g/mol. The molecule has 3 heteroatoms. The zero-order valence-electron chi connectivity index (χ0n) is 9.66. The van der Waals surface area contributed by atoms with E-state index in [1.165, 1.54) is 25.3 Å². The van der Waals surface area contributed by atoms with Crippen LogP contribution in [0.15, 0.2) is 18.2 Å². The summed E-state index contributed by atoms with van der Waals surface area (Å²) < 4.78 is 19.0.